The number of carbonyl (C=O) groups is 1. The number of hydrogen-bond acceptors (Lipinski definition) is 5. The van der Waals surface area contributed by atoms with Gasteiger partial charge in [-0.15, -0.1) is 0 Å². The second-order valence-corrected chi connectivity index (χ2v) is 10.4. The number of aryl methyl sites for hydroxylation is 2. The minimum Gasteiger partial charge on any atom is -0.305 e. The number of likely N-dealkylation sites (N-methyl/N-ethyl adjacent to an activating group) is 2. The molecule has 166 valence electrons. The van der Waals surface area contributed by atoms with Crippen LogP contribution in [0.25, 0.3) is 11.1 Å². The molecule has 2 aliphatic rings. The van der Waals surface area contributed by atoms with Gasteiger partial charge in [0, 0.05) is 31.5 Å². The van der Waals surface area contributed by atoms with E-state index in [1.807, 2.05) is 26.1 Å². The lowest BCUT2D eigenvalue weighted by Gasteiger charge is -2.24. The Morgan fingerprint density at radius 2 is 2.10 bits per heavy atom. The van der Waals surface area contributed by atoms with Crippen LogP contribution in [0.5, 0.6) is 0 Å². The standard InChI is InChI=1S/C23H30N4O3S/c1-16-13-18(9-11-24-16)21-8-7-17-5-4-6-20(17)22(21)14-23(28)25-31(29,30)27(3)19-10-12-26(2)15-19/h7-9,11,13,19H,4-6,10,12,14-15H2,1-3H3,(H,25,28). The maximum Gasteiger partial charge on any atom is 0.303 e. The van der Waals surface area contributed by atoms with Crippen LogP contribution in [-0.2, 0) is 34.3 Å². The third kappa shape index (κ3) is 4.66. The van der Waals surface area contributed by atoms with E-state index in [4.69, 9.17) is 0 Å². The summed E-state index contributed by atoms with van der Waals surface area (Å²) in [5, 5.41) is 0. The van der Waals surface area contributed by atoms with Crippen LogP contribution in [-0.4, -0.2) is 61.7 Å². The van der Waals surface area contributed by atoms with E-state index in [2.05, 4.69) is 26.7 Å². The lowest BCUT2D eigenvalue weighted by atomic mass is 9.91. The smallest absolute Gasteiger partial charge is 0.303 e. The Morgan fingerprint density at radius 3 is 2.81 bits per heavy atom. The Labute approximate surface area is 184 Å². The van der Waals surface area contributed by atoms with E-state index in [-0.39, 0.29) is 12.5 Å². The highest BCUT2D eigenvalue weighted by atomic mass is 32.2. The molecule has 1 fully saturated rings. The zero-order valence-corrected chi connectivity index (χ0v) is 19.2. The van der Waals surface area contributed by atoms with Crippen molar-refractivity contribution in [2.24, 2.45) is 0 Å². The topological polar surface area (TPSA) is 82.6 Å². The van der Waals surface area contributed by atoms with E-state index in [1.165, 1.54) is 15.4 Å². The van der Waals surface area contributed by atoms with Crippen LogP contribution in [0.1, 0.15) is 35.2 Å². The van der Waals surface area contributed by atoms with Crippen molar-refractivity contribution in [3.8, 4) is 11.1 Å². The van der Waals surface area contributed by atoms with Crippen molar-refractivity contribution in [2.75, 3.05) is 27.2 Å². The Bertz CT molecular complexity index is 1100. The molecule has 1 aromatic carbocycles. The third-order valence-corrected chi connectivity index (χ3v) is 7.99. The molecule has 1 N–H and O–H groups in total. The van der Waals surface area contributed by atoms with E-state index < -0.39 is 16.1 Å². The number of pyridine rings is 1. The molecule has 1 aliphatic carbocycles. The minimum atomic E-state index is -3.89. The summed E-state index contributed by atoms with van der Waals surface area (Å²) in [7, 11) is -0.372. The molecule has 8 heteroatoms. The fourth-order valence-electron chi connectivity index (χ4n) is 4.75. The first-order chi connectivity index (χ1) is 14.7. The van der Waals surface area contributed by atoms with Crippen molar-refractivity contribution in [1.29, 1.82) is 0 Å². The number of aromatic nitrogens is 1. The summed E-state index contributed by atoms with van der Waals surface area (Å²) in [6.07, 6.45) is 5.53. The van der Waals surface area contributed by atoms with Gasteiger partial charge in [-0.1, -0.05) is 12.1 Å². The predicted molar refractivity (Wildman–Crippen MR) is 121 cm³/mol. The maximum absolute atomic E-state index is 12.9. The number of amides is 1. The van der Waals surface area contributed by atoms with Crippen molar-refractivity contribution in [1.82, 2.24) is 18.9 Å². The van der Waals surface area contributed by atoms with Crippen LogP contribution < -0.4 is 4.72 Å². The molecule has 1 aromatic heterocycles. The van der Waals surface area contributed by atoms with Crippen LogP contribution in [0, 0.1) is 6.92 Å². The van der Waals surface area contributed by atoms with Crippen molar-refractivity contribution in [3.63, 3.8) is 0 Å². The molecule has 0 spiro atoms. The van der Waals surface area contributed by atoms with Gasteiger partial charge in [0.15, 0.2) is 0 Å². The SMILES string of the molecule is Cc1cc(-c2ccc3c(c2CC(=O)NS(=O)(=O)N(C)C2CCN(C)C2)CCC3)ccn1. The first-order valence-electron chi connectivity index (χ1n) is 10.8. The summed E-state index contributed by atoms with van der Waals surface area (Å²) in [5.41, 5.74) is 6.25. The van der Waals surface area contributed by atoms with Gasteiger partial charge in [-0.05, 0) is 86.1 Å². The van der Waals surface area contributed by atoms with Crippen molar-refractivity contribution >= 4 is 16.1 Å². The molecular formula is C23H30N4O3S. The van der Waals surface area contributed by atoms with Crippen LogP contribution in [0.3, 0.4) is 0 Å². The Morgan fingerprint density at radius 1 is 1.29 bits per heavy atom. The number of benzene rings is 1. The largest absolute Gasteiger partial charge is 0.305 e. The zero-order valence-electron chi connectivity index (χ0n) is 18.4. The average Bonchev–Trinajstić information content (AvgIpc) is 3.36. The minimum absolute atomic E-state index is 0.0392. The van der Waals surface area contributed by atoms with E-state index in [9.17, 15) is 13.2 Å². The molecule has 1 aliphatic heterocycles. The predicted octanol–water partition coefficient (Wildman–Crippen LogP) is 2.09. The van der Waals surface area contributed by atoms with Gasteiger partial charge in [-0.3, -0.25) is 9.78 Å². The molecule has 1 saturated heterocycles. The van der Waals surface area contributed by atoms with Crippen molar-refractivity contribution < 1.29 is 13.2 Å². The normalized spacial score (nSPS) is 19.0. The molecule has 7 nitrogen and oxygen atoms in total. The number of nitrogens with one attached hydrogen (secondary N) is 1. The maximum atomic E-state index is 12.9. The molecule has 4 rings (SSSR count). The monoisotopic (exact) mass is 442 g/mol. The molecular weight excluding hydrogens is 412 g/mol. The van der Waals surface area contributed by atoms with Gasteiger partial charge >= 0.3 is 10.2 Å². The summed E-state index contributed by atoms with van der Waals surface area (Å²) < 4.78 is 29.3. The highest BCUT2D eigenvalue weighted by Gasteiger charge is 2.32. The van der Waals surface area contributed by atoms with E-state index in [0.717, 1.165) is 54.6 Å². The first-order valence-corrected chi connectivity index (χ1v) is 12.2. The van der Waals surface area contributed by atoms with Crippen molar-refractivity contribution in [3.05, 3.63) is 52.8 Å². The molecule has 1 atom stereocenters. The lowest BCUT2D eigenvalue weighted by molar-refractivity contribution is -0.118. The second kappa shape index (κ2) is 8.68. The van der Waals surface area contributed by atoms with Gasteiger partial charge in [0.05, 0.1) is 6.42 Å². The number of nitrogens with zero attached hydrogens (tertiary/aromatic N) is 3. The number of likely N-dealkylation sites (tertiary alicyclic amines) is 1. The van der Waals surface area contributed by atoms with Gasteiger partial charge < -0.3 is 4.90 Å². The fourth-order valence-corrected chi connectivity index (χ4v) is 5.81. The van der Waals surface area contributed by atoms with Gasteiger partial charge in [-0.25, -0.2) is 4.72 Å². The fraction of sp³-hybridized carbons (Fsp3) is 0.478. The van der Waals surface area contributed by atoms with Gasteiger partial charge in [0.25, 0.3) is 0 Å². The second-order valence-electron chi connectivity index (χ2n) is 8.70. The van der Waals surface area contributed by atoms with Crippen LogP contribution in [0.15, 0.2) is 30.5 Å². The molecule has 1 unspecified atom stereocenters. The Hall–Kier alpha value is -2.29. The Balaban J connectivity index is 1.58. The molecule has 0 radical (unpaired) electrons. The number of rotatable bonds is 6. The molecule has 0 saturated carbocycles. The molecule has 2 aromatic rings. The summed E-state index contributed by atoms with van der Waals surface area (Å²) in [6, 6.07) is 8.00. The Kier molecular flexibility index (Phi) is 6.14. The molecule has 31 heavy (non-hydrogen) atoms. The quantitative estimate of drug-likeness (QED) is 0.741. The zero-order chi connectivity index (χ0) is 22.2. The molecule has 0 bridgehead atoms. The highest BCUT2D eigenvalue weighted by Crippen LogP contribution is 2.34. The van der Waals surface area contributed by atoms with E-state index >= 15 is 0 Å². The first kappa shape index (κ1) is 21.9. The lowest BCUT2D eigenvalue weighted by Crippen LogP contribution is -2.47. The summed E-state index contributed by atoms with van der Waals surface area (Å²) in [5.74, 6) is -0.495. The van der Waals surface area contributed by atoms with Crippen LogP contribution >= 0.6 is 0 Å². The van der Waals surface area contributed by atoms with E-state index in [1.54, 1.807) is 13.2 Å². The van der Waals surface area contributed by atoms with Gasteiger partial charge in [0.1, 0.15) is 0 Å². The van der Waals surface area contributed by atoms with Crippen LogP contribution in [0.4, 0.5) is 0 Å². The summed E-state index contributed by atoms with van der Waals surface area (Å²) >= 11 is 0. The van der Waals surface area contributed by atoms with E-state index in [0.29, 0.717) is 6.54 Å². The van der Waals surface area contributed by atoms with Gasteiger partial charge in [0.2, 0.25) is 5.91 Å². The highest BCUT2D eigenvalue weighted by molar-refractivity contribution is 7.87. The van der Waals surface area contributed by atoms with Crippen LogP contribution in [0.2, 0.25) is 0 Å². The number of fused-ring (bicyclic) bond motifs is 1. The van der Waals surface area contributed by atoms with Gasteiger partial charge in [-0.2, -0.15) is 12.7 Å². The number of hydrogen-bond donors (Lipinski definition) is 1. The third-order valence-electron chi connectivity index (χ3n) is 6.45. The molecule has 2 heterocycles. The summed E-state index contributed by atoms with van der Waals surface area (Å²) in [4.78, 5) is 19.3. The summed E-state index contributed by atoms with van der Waals surface area (Å²) in [6.45, 7) is 3.46. The van der Waals surface area contributed by atoms with Crippen molar-refractivity contribution in [2.45, 2.75) is 45.1 Å². The number of carbonyl (C=O) groups excluding carboxylic acids is 1. The average molecular weight is 443 g/mol. The molecule has 1 amide bonds.